The van der Waals surface area contributed by atoms with Crippen LogP contribution in [0.4, 0.5) is 0 Å². The number of rotatable bonds is 1. The third-order valence-corrected chi connectivity index (χ3v) is 0.915. The van der Waals surface area contributed by atoms with Gasteiger partial charge in [0, 0.05) is 15.9 Å². The molecular weight excluding hydrogens is 251 g/mol. The molecule has 0 atom stereocenters. The van der Waals surface area contributed by atoms with Gasteiger partial charge in [0.2, 0.25) is 0 Å². The summed E-state index contributed by atoms with van der Waals surface area (Å²) < 4.78 is -0.802. The minimum Gasteiger partial charge on any atom is -0.907 e. The smallest absolute Gasteiger partial charge is 0.907 e. The van der Waals surface area contributed by atoms with Crippen LogP contribution in [-0.2, 0) is 9.59 Å². The summed E-state index contributed by atoms with van der Waals surface area (Å²) in [6.07, 6.45) is 0. The summed E-state index contributed by atoms with van der Waals surface area (Å²) in [6.45, 7) is 0. The number of carbonyl (C=O) groups excluding carboxylic acids is 2. The molecule has 0 heterocycles. The summed E-state index contributed by atoms with van der Waals surface area (Å²) in [7, 11) is -2.92. The fraction of sp³-hybridized carbons (Fsp3) is 0. The normalized spacial score (nSPS) is 5.62. The maximum atomic E-state index is 9.58. The van der Waals surface area contributed by atoms with Crippen LogP contribution in [-0.4, -0.2) is 17.3 Å². The molecule has 0 aliphatic heterocycles. The van der Waals surface area contributed by atoms with Gasteiger partial charge in [-0.1, -0.05) is 0 Å². The van der Waals surface area contributed by atoms with Gasteiger partial charge in [0.05, 0.1) is 0 Å². The van der Waals surface area contributed by atoms with Crippen molar-refractivity contribution in [2.75, 3.05) is 0 Å². The number of carbonyl (C=O) groups is 2. The van der Waals surface area contributed by atoms with Gasteiger partial charge in [-0.05, 0) is 11.6 Å². The first-order valence-electron chi connectivity index (χ1n) is 1.74. The van der Waals surface area contributed by atoms with Crippen LogP contribution < -0.4 is 71.7 Å². The SMILES string of the molecule is O=C(Cl)C(=O)Br.[Li+].[Li+].[Li+].[O-]B([O-])[O-]. The summed E-state index contributed by atoms with van der Waals surface area (Å²) in [5.74, 6) is 0. The molecule has 0 saturated heterocycles. The zero-order valence-electron chi connectivity index (χ0n) is 7.37. The van der Waals surface area contributed by atoms with E-state index in [4.69, 9.17) is 15.1 Å². The maximum absolute atomic E-state index is 9.58. The molecule has 0 saturated carbocycles. The standard InChI is InChI=1S/C2BrClO2.BO3.3Li/c3-1(5)2(4)6;2-1(3)4;;;/q;-3;3*+1. The monoisotopic (exact) mass is 250 g/mol. The van der Waals surface area contributed by atoms with Crippen molar-refractivity contribution in [3.8, 4) is 0 Å². The van der Waals surface area contributed by atoms with E-state index in [9.17, 15) is 9.59 Å². The molecule has 0 amide bonds. The van der Waals surface area contributed by atoms with Crippen LogP contribution in [0.3, 0.4) is 0 Å². The Labute approximate surface area is 125 Å². The number of hydrogen-bond donors (Lipinski definition) is 0. The second kappa shape index (κ2) is 19.4. The molecule has 0 radical (unpaired) electrons. The molecule has 0 fully saturated rings. The zero-order chi connectivity index (χ0) is 8.73. The third kappa shape index (κ3) is 56.8. The fourth-order valence-electron chi connectivity index (χ4n) is 0. The predicted octanol–water partition coefficient (Wildman–Crippen LogP) is -12.3. The molecule has 0 bridgehead atoms. The molecule has 0 unspecified atom stereocenters. The first-order chi connectivity index (χ1) is 4.37. The van der Waals surface area contributed by atoms with E-state index in [1.165, 1.54) is 0 Å². The van der Waals surface area contributed by atoms with Gasteiger partial charge in [-0.3, -0.25) is 16.9 Å². The van der Waals surface area contributed by atoms with Crippen LogP contribution in [0.5, 0.6) is 0 Å². The fourth-order valence-corrected chi connectivity index (χ4v) is 0. The van der Waals surface area contributed by atoms with Gasteiger partial charge >= 0.3 is 56.6 Å². The molecule has 0 aromatic heterocycles. The van der Waals surface area contributed by atoms with E-state index in [2.05, 4.69) is 27.5 Å². The van der Waals surface area contributed by atoms with Crippen LogP contribution in [0.15, 0.2) is 0 Å². The Hall–Kier alpha value is 1.85. The second-order valence-electron chi connectivity index (χ2n) is 0.836. The molecule has 0 aromatic carbocycles. The minimum atomic E-state index is -2.92. The Balaban J connectivity index is -0.0000000279. The van der Waals surface area contributed by atoms with Crippen molar-refractivity contribution >= 4 is 44.8 Å². The topological polar surface area (TPSA) is 103 Å². The quantitative estimate of drug-likeness (QED) is 0.261. The molecule has 0 N–H and O–H groups in total. The largest absolute Gasteiger partial charge is 1.00 e. The van der Waals surface area contributed by atoms with Crippen molar-refractivity contribution in [1.29, 1.82) is 0 Å². The zero-order valence-corrected chi connectivity index (χ0v) is 9.72. The molecule has 58 valence electrons. The van der Waals surface area contributed by atoms with E-state index < -0.39 is 17.3 Å². The summed E-state index contributed by atoms with van der Waals surface area (Å²) in [4.78, 5) is 19.1. The van der Waals surface area contributed by atoms with E-state index >= 15 is 0 Å². The third-order valence-electron chi connectivity index (χ3n) is 0.155. The molecule has 13 heavy (non-hydrogen) atoms. The van der Waals surface area contributed by atoms with E-state index in [0.29, 0.717) is 0 Å². The van der Waals surface area contributed by atoms with Crippen LogP contribution in [0.2, 0.25) is 0 Å². The molecular formula is C2BBrClLi3O5. The van der Waals surface area contributed by atoms with Gasteiger partial charge in [0.15, 0.2) is 0 Å². The van der Waals surface area contributed by atoms with Crippen molar-refractivity contribution in [2.45, 2.75) is 0 Å². The summed E-state index contributed by atoms with van der Waals surface area (Å²) in [6, 6.07) is 0. The van der Waals surface area contributed by atoms with Crippen LogP contribution in [0.1, 0.15) is 0 Å². The first-order valence-corrected chi connectivity index (χ1v) is 2.91. The van der Waals surface area contributed by atoms with E-state index in [-0.39, 0.29) is 56.6 Å². The summed E-state index contributed by atoms with van der Waals surface area (Å²) in [5.41, 5.74) is 0. The Morgan fingerprint density at radius 3 is 1.15 bits per heavy atom. The Bertz CT molecular complexity index is 122. The second-order valence-corrected chi connectivity index (χ2v) is 1.90. The summed E-state index contributed by atoms with van der Waals surface area (Å²) in [5, 5.41) is 24.3. The van der Waals surface area contributed by atoms with Crippen LogP contribution in [0, 0.1) is 0 Å². The van der Waals surface area contributed by atoms with E-state index in [1.807, 2.05) is 0 Å². The van der Waals surface area contributed by atoms with Crippen LogP contribution >= 0.6 is 27.5 Å². The van der Waals surface area contributed by atoms with Crippen molar-refractivity contribution in [3.63, 3.8) is 0 Å². The molecule has 0 aliphatic rings. The molecule has 0 rings (SSSR count). The summed E-state index contributed by atoms with van der Waals surface area (Å²) >= 11 is 6.90. The van der Waals surface area contributed by atoms with Gasteiger partial charge < -0.3 is 15.1 Å². The van der Waals surface area contributed by atoms with Gasteiger partial charge in [-0.2, -0.15) is 0 Å². The predicted molar refractivity (Wildman–Crippen MR) is 30.5 cm³/mol. The molecule has 11 heteroatoms. The van der Waals surface area contributed by atoms with E-state index in [0.717, 1.165) is 0 Å². The molecule has 5 nitrogen and oxygen atoms in total. The molecule has 0 spiro atoms. The Morgan fingerprint density at radius 2 is 1.15 bits per heavy atom. The number of halogens is 2. The molecule has 0 aliphatic carbocycles. The minimum absolute atomic E-state index is 0. The van der Waals surface area contributed by atoms with Gasteiger partial charge in [0.25, 0.3) is 9.93 Å². The Morgan fingerprint density at radius 1 is 1.08 bits per heavy atom. The first kappa shape index (κ1) is 29.4. The van der Waals surface area contributed by atoms with E-state index in [1.54, 1.807) is 0 Å². The average Bonchev–Trinajstić information content (AvgIpc) is 1.63. The van der Waals surface area contributed by atoms with Gasteiger partial charge in [-0.15, -0.1) is 0 Å². The van der Waals surface area contributed by atoms with Crippen molar-refractivity contribution in [1.82, 2.24) is 0 Å². The van der Waals surface area contributed by atoms with Crippen molar-refractivity contribution < 1.29 is 81.2 Å². The molecule has 0 aromatic rings. The van der Waals surface area contributed by atoms with Crippen LogP contribution in [0.25, 0.3) is 0 Å². The van der Waals surface area contributed by atoms with Crippen molar-refractivity contribution in [2.24, 2.45) is 0 Å². The average molecular weight is 251 g/mol. The maximum Gasteiger partial charge on any atom is 1.00 e. The number of hydrogen-bond acceptors (Lipinski definition) is 5. The van der Waals surface area contributed by atoms with Crippen molar-refractivity contribution in [3.05, 3.63) is 0 Å². The van der Waals surface area contributed by atoms with Gasteiger partial charge in [-0.25, -0.2) is 0 Å². The Kier molecular flexibility index (Phi) is 43.9. The van der Waals surface area contributed by atoms with Gasteiger partial charge in [0.1, 0.15) is 0 Å².